The maximum absolute atomic E-state index is 12.8. The van der Waals surface area contributed by atoms with Crippen LogP contribution in [0, 0.1) is 0 Å². The van der Waals surface area contributed by atoms with Crippen LogP contribution < -0.4 is 5.32 Å². The first-order valence-corrected chi connectivity index (χ1v) is 13.2. The molecule has 0 spiro atoms. The zero-order valence-corrected chi connectivity index (χ0v) is 21.1. The molecule has 1 N–H and O–H groups in total. The molecule has 0 fully saturated rings. The van der Waals surface area contributed by atoms with Gasteiger partial charge >= 0.3 is 5.97 Å². The smallest absolute Gasteiger partial charge is 0.341 e. The molecule has 3 aromatic heterocycles. The molecule has 1 amide bonds. The van der Waals surface area contributed by atoms with Crippen LogP contribution in [0.1, 0.15) is 52.1 Å². The van der Waals surface area contributed by atoms with Gasteiger partial charge in [0.25, 0.3) is 0 Å². The molecular formula is C24H29N5O3S2. The van der Waals surface area contributed by atoms with Crippen LogP contribution in [-0.4, -0.2) is 43.6 Å². The molecule has 0 saturated heterocycles. The van der Waals surface area contributed by atoms with Gasteiger partial charge in [0.2, 0.25) is 5.91 Å². The molecular weight excluding hydrogens is 470 g/mol. The summed E-state index contributed by atoms with van der Waals surface area (Å²) in [7, 11) is 2.00. The number of nitrogens with zero attached hydrogens (tertiary/aromatic N) is 4. The minimum atomic E-state index is -0.360. The summed E-state index contributed by atoms with van der Waals surface area (Å²) < 4.78 is 9.31. The summed E-state index contributed by atoms with van der Waals surface area (Å²) in [5.74, 6) is 0.428. The van der Waals surface area contributed by atoms with Crippen LogP contribution in [0.25, 0.3) is 0 Å². The summed E-state index contributed by atoms with van der Waals surface area (Å²) in [6.07, 6.45) is 8.36. The van der Waals surface area contributed by atoms with E-state index in [1.54, 1.807) is 13.0 Å². The highest BCUT2D eigenvalue weighted by Gasteiger charge is 2.27. The lowest BCUT2D eigenvalue weighted by atomic mass is 9.95. The average molecular weight is 500 g/mol. The van der Waals surface area contributed by atoms with Gasteiger partial charge in [-0.05, 0) is 50.3 Å². The van der Waals surface area contributed by atoms with Crippen LogP contribution >= 0.6 is 23.1 Å². The van der Waals surface area contributed by atoms with E-state index in [0.29, 0.717) is 35.3 Å². The highest BCUT2D eigenvalue weighted by Crippen LogP contribution is 2.38. The molecule has 3 heterocycles. The van der Waals surface area contributed by atoms with Crippen molar-refractivity contribution < 1.29 is 14.3 Å². The van der Waals surface area contributed by atoms with E-state index in [0.717, 1.165) is 42.8 Å². The first-order chi connectivity index (χ1) is 16.5. The third-order valence-electron chi connectivity index (χ3n) is 5.73. The van der Waals surface area contributed by atoms with E-state index in [4.69, 9.17) is 4.74 Å². The van der Waals surface area contributed by atoms with Crippen molar-refractivity contribution in [2.75, 3.05) is 17.7 Å². The number of rotatable bonds is 10. The number of esters is 1. The number of carbonyl (C=O) groups excluding carboxylic acids is 2. The van der Waals surface area contributed by atoms with Gasteiger partial charge in [-0.25, -0.2) is 4.79 Å². The number of aromatic nitrogens is 4. The minimum absolute atomic E-state index is 0.157. The fourth-order valence-corrected chi connectivity index (χ4v) is 6.14. The van der Waals surface area contributed by atoms with Crippen LogP contribution in [0.15, 0.2) is 36.1 Å². The second-order valence-electron chi connectivity index (χ2n) is 8.06. The van der Waals surface area contributed by atoms with Gasteiger partial charge in [-0.3, -0.25) is 4.79 Å². The largest absolute Gasteiger partial charge is 0.462 e. The summed E-state index contributed by atoms with van der Waals surface area (Å²) in [5, 5.41) is 12.9. The summed E-state index contributed by atoms with van der Waals surface area (Å²) in [6, 6.07) is 4.05. The second kappa shape index (κ2) is 11.1. The van der Waals surface area contributed by atoms with Crippen molar-refractivity contribution in [1.82, 2.24) is 19.3 Å². The first-order valence-electron chi connectivity index (χ1n) is 11.4. The van der Waals surface area contributed by atoms with Crippen molar-refractivity contribution in [3.63, 3.8) is 0 Å². The van der Waals surface area contributed by atoms with Gasteiger partial charge < -0.3 is 19.2 Å². The summed E-state index contributed by atoms with van der Waals surface area (Å²) in [4.78, 5) is 26.7. The standard InChI is InChI=1S/C24H29N5O3S2/c1-4-12-29-19(14-16-9-8-13-28(16)3)26-27-24(29)33-15-20(30)25-22-21(23(31)32-5-2)17-10-6-7-11-18(17)34-22/h4,8-9,13H,1,5-7,10-12,14-15H2,2-3H3,(H,25,30). The van der Waals surface area contributed by atoms with E-state index in [1.165, 1.54) is 28.0 Å². The summed E-state index contributed by atoms with van der Waals surface area (Å²) in [6.45, 7) is 6.49. The van der Waals surface area contributed by atoms with Crippen LogP contribution in [0.4, 0.5) is 5.00 Å². The van der Waals surface area contributed by atoms with Crippen LogP contribution in [0.3, 0.4) is 0 Å². The van der Waals surface area contributed by atoms with Gasteiger partial charge in [0.05, 0.1) is 17.9 Å². The number of carbonyl (C=O) groups is 2. The van der Waals surface area contributed by atoms with E-state index < -0.39 is 0 Å². The molecule has 0 unspecified atom stereocenters. The lowest BCUT2D eigenvalue weighted by Crippen LogP contribution is -2.17. The number of nitrogens with one attached hydrogen (secondary N) is 1. The molecule has 0 saturated carbocycles. The molecule has 0 radical (unpaired) electrons. The van der Waals surface area contributed by atoms with Crippen molar-refractivity contribution in [2.45, 2.75) is 50.7 Å². The Labute approximate surface area is 207 Å². The Kier molecular flexibility index (Phi) is 7.89. The number of hydrogen-bond acceptors (Lipinski definition) is 7. The number of aryl methyl sites for hydroxylation is 2. The van der Waals surface area contributed by atoms with Gasteiger partial charge in [-0.15, -0.1) is 28.1 Å². The van der Waals surface area contributed by atoms with E-state index in [9.17, 15) is 9.59 Å². The Morgan fingerprint density at radius 3 is 2.88 bits per heavy atom. The van der Waals surface area contributed by atoms with Crippen LogP contribution in [-0.2, 0) is 42.4 Å². The van der Waals surface area contributed by atoms with E-state index in [1.807, 2.05) is 23.9 Å². The second-order valence-corrected chi connectivity index (χ2v) is 10.1. The molecule has 0 aromatic carbocycles. The highest BCUT2D eigenvalue weighted by atomic mass is 32.2. The van der Waals surface area contributed by atoms with Crippen molar-refractivity contribution in [2.24, 2.45) is 7.05 Å². The van der Waals surface area contributed by atoms with Gasteiger partial charge in [0.1, 0.15) is 10.8 Å². The fourth-order valence-electron chi connectivity index (χ4n) is 4.08. The lowest BCUT2D eigenvalue weighted by molar-refractivity contribution is -0.113. The maximum Gasteiger partial charge on any atom is 0.341 e. The number of anilines is 1. The summed E-state index contributed by atoms with van der Waals surface area (Å²) >= 11 is 2.82. The molecule has 4 rings (SSSR count). The van der Waals surface area contributed by atoms with Gasteiger partial charge in [-0.2, -0.15) is 0 Å². The number of thiophene rings is 1. The molecule has 0 atom stereocenters. The van der Waals surface area contributed by atoms with Crippen molar-refractivity contribution in [1.29, 1.82) is 0 Å². The zero-order chi connectivity index (χ0) is 24.1. The number of ether oxygens (including phenoxy) is 1. The van der Waals surface area contributed by atoms with Crippen molar-refractivity contribution in [3.05, 3.63) is 58.5 Å². The normalized spacial score (nSPS) is 12.9. The molecule has 1 aliphatic rings. The van der Waals surface area contributed by atoms with Gasteiger partial charge in [-0.1, -0.05) is 17.8 Å². The third-order valence-corrected chi connectivity index (χ3v) is 7.91. The summed E-state index contributed by atoms with van der Waals surface area (Å²) in [5.41, 5.74) is 2.69. The Hall–Kier alpha value is -2.85. The van der Waals surface area contributed by atoms with Gasteiger partial charge in [0, 0.05) is 36.8 Å². The maximum atomic E-state index is 12.8. The monoisotopic (exact) mass is 499 g/mol. The quantitative estimate of drug-likeness (QED) is 0.255. The number of amides is 1. The SMILES string of the molecule is C=CCn1c(Cc2cccn2C)nnc1SCC(=O)Nc1sc2c(c1C(=O)OCC)CCCC2. The Bertz CT molecular complexity index is 1190. The van der Waals surface area contributed by atoms with Gasteiger partial charge in [0.15, 0.2) is 5.16 Å². The number of hydrogen-bond donors (Lipinski definition) is 1. The zero-order valence-electron chi connectivity index (χ0n) is 19.5. The van der Waals surface area contributed by atoms with Crippen molar-refractivity contribution in [3.8, 4) is 0 Å². The first kappa shape index (κ1) is 24.3. The Morgan fingerprint density at radius 1 is 1.32 bits per heavy atom. The molecule has 0 bridgehead atoms. The number of fused-ring (bicyclic) bond motifs is 1. The molecule has 3 aromatic rings. The highest BCUT2D eigenvalue weighted by molar-refractivity contribution is 7.99. The average Bonchev–Trinajstić information content (AvgIpc) is 3.50. The fraction of sp³-hybridized carbons (Fsp3) is 0.417. The van der Waals surface area contributed by atoms with Crippen molar-refractivity contribution >= 4 is 40.0 Å². The topological polar surface area (TPSA) is 91.0 Å². The Morgan fingerprint density at radius 2 is 2.15 bits per heavy atom. The van der Waals surface area contributed by atoms with E-state index >= 15 is 0 Å². The third kappa shape index (κ3) is 5.28. The molecule has 34 heavy (non-hydrogen) atoms. The lowest BCUT2D eigenvalue weighted by Gasteiger charge is -2.12. The minimum Gasteiger partial charge on any atom is -0.462 e. The molecule has 1 aliphatic carbocycles. The number of thioether (sulfide) groups is 1. The Balaban J connectivity index is 1.46. The number of allylic oxidation sites excluding steroid dienone is 1. The van der Waals surface area contributed by atoms with Crippen LogP contribution in [0.2, 0.25) is 0 Å². The van der Waals surface area contributed by atoms with Crippen LogP contribution in [0.5, 0.6) is 0 Å². The molecule has 180 valence electrons. The molecule has 10 heteroatoms. The predicted molar refractivity (Wildman–Crippen MR) is 135 cm³/mol. The van der Waals surface area contributed by atoms with E-state index in [-0.39, 0.29) is 17.6 Å². The molecule has 8 nitrogen and oxygen atoms in total. The van der Waals surface area contributed by atoms with E-state index in [2.05, 4.69) is 32.7 Å². The predicted octanol–water partition coefficient (Wildman–Crippen LogP) is 4.24. The molecule has 0 aliphatic heterocycles.